The standard InChI is InChI=1S/C32H37ClO7/c1-4-5-18-36-19-20-37-21-22-38-29-14-12-27(13-15-29)26-6-8-28(9-7-26)32(35)40-30-16-10-25(11-17-30)24(3)39-31(34)23(2)33/h6-17,23-24H,4-5,18-22H2,1-3H3/t23-,24?/m0/s1. The molecule has 0 bridgehead atoms. The van der Waals surface area contributed by atoms with Crippen LogP contribution in [0.1, 0.15) is 55.6 Å². The Morgan fingerprint density at radius 1 is 0.725 bits per heavy atom. The average Bonchev–Trinajstić information content (AvgIpc) is 2.97. The third-order valence-electron chi connectivity index (χ3n) is 6.00. The molecule has 0 aliphatic rings. The maximum atomic E-state index is 12.6. The number of halogens is 1. The molecule has 7 nitrogen and oxygen atoms in total. The van der Waals surface area contributed by atoms with Crippen LogP contribution in [0.4, 0.5) is 0 Å². The van der Waals surface area contributed by atoms with Crippen LogP contribution in [-0.2, 0) is 19.0 Å². The van der Waals surface area contributed by atoms with E-state index in [-0.39, 0.29) is 0 Å². The number of hydrogen-bond acceptors (Lipinski definition) is 7. The van der Waals surface area contributed by atoms with E-state index in [1.54, 1.807) is 50.2 Å². The molecule has 0 spiro atoms. The van der Waals surface area contributed by atoms with E-state index in [4.69, 9.17) is 35.3 Å². The van der Waals surface area contributed by atoms with E-state index >= 15 is 0 Å². The van der Waals surface area contributed by atoms with Crippen molar-refractivity contribution < 1.29 is 33.3 Å². The SMILES string of the molecule is CCCCOCCOCCOc1ccc(-c2ccc(C(=O)Oc3ccc(C(C)OC(=O)[C@H](C)Cl)cc3)cc2)cc1. The number of rotatable bonds is 16. The van der Waals surface area contributed by atoms with Gasteiger partial charge in [-0.05, 0) is 73.4 Å². The quantitative estimate of drug-likeness (QED) is 0.0795. The minimum absolute atomic E-state index is 0.392. The van der Waals surface area contributed by atoms with Gasteiger partial charge in [-0.3, -0.25) is 4.79 Å². The molecule has 0 fully saturated rings. The van der Waals surface area contributed by atoms with Crippen molar-refractivity contribution in [2.24, 2.45) is 0 Å². The zero-order valence-corrected chi connectivity index (χ0v) is 24.0. The zero-order valence-electron chi connectivity index (χ0n) is 23.3. The summed E-state index contributed by atoms with van der Waals surface area (Å²) >= 11 is 5.75. The first kappa shape index (κ1) is 31.1. The Bertz CT molecular complexity index is 1180. The number of ether oxygens (including phenoxy) is 5. The second-order valence-electron chi connectivity index (χ2n) is 9.18. The first-order valence-electron chi connectivity index (χ1n) is 13.5. The van der Waals surface area contributed by atoms with Crippen molar-refractivity contribution in [1.29, 1.82) is 0 Å². The molecule has 0 saturated carbocycles. The fourth-order valence-corrected chi connectivity index (χ4v) is 3.69. The Hall–Kier alpha value is -3.39. The molecule has 3 rings (SSSR count). The van der Waals surface area contributed by atoms with Gasteiger partial charge in [0.15, 0.2) is 0 Å². The number of hydrogen-bond donors (Lipinski definition) is 0. The Balaban J connectivity index is 1.44. The second-order valence-corrected chi connectivity index (χ2v) is 9.84. The highest BCUT2D eigenvalue weighted by Crippen LogP contribution is 2.25. The molecule has 2 atom stereocenters. The summed E-state index contributed by atoms with van der Waals surface area (Å²) in [6, 6.07) is 21.8. The largest absolute Gasteiger partial charge is 0.491 e. The predicted octanol–water partition coefficient (Wildman–Crippen LogP) is 7.02. The van der Waals surface area contributed by atoms with Crippen LogP contribution in [0.15, 0.2) is 72.8 Å². The van der Waals surface area contributed by atoms with Crippen LogP contribution < -0.4 is 9.47 Å². The lowest BCUT2D eigenvalue weighted by Gasteiger charge is -2.15. The predicted molar refractivity (Wildman–Crippen MR) is 155 cm³/mol. The molecular formula is C32H37ClO7. The van der Waals surface area contributed by atoms with Gasteiger partial charge in [0.1, 0.15) is 29.6 Å². The van der Waals surface area contributed by atoms with Gasteiger partial charge in [-0.15, -0.1) is 11.6 Å². The molecule has 0 heterocycles. The van der Waals surface area contributed by atoms with Gasteiger partial charge in [0, 0.05) is 6.61 Å². The van der Waals surface area contributed by atoms with Crippen LogP contribution in [-0.4, -0.2) is 50.4 Å². The van der Waals surface area contributed by atoms with Crippen LogP contribution in [0, 0.1) is 0 Å². The van der Waals surface area contributed by atoms with Gasteiger partial charge in [0.05, 0.1) is 25.4 Å². The second kappa shape index (κ2) is 16.7. The molecule has 8 heteroatoms. The van der Waals surface area contributed by atoms with E-state index in [2.05, 4.69) is 6.92 Å². The van der Waals surface area contributed by atoms with Crippen LogP contribution in [0.2, 0.25) is 0 Å². The summed E-state index contributed by atoms with van der Waals surface area (Å²) in [6.07, 6.45) is 1.73. The third kappa shape index (κ3) is 10.3. The van der Waals surface area contributed by atoms with Gasteiger partial charge in [0.25, 0.3) is 0 Å². The van der Waals surface area contributed by atoms with Gasteiger partial charge in [0.2, 0.25) is 0 Å². The Morgan fingerprint density at radius 2 is 1.27 bits per heavy atom. The molecule has 214 valence electrons. The van der Waals surface area contributed by atoms with Crippen LogP contribution in [0.5, 0.6) is 11.5 Å². The van der Waals surface area contributed by atoms with E-state index in [1.165, 1.54) is 0 Å². The number of benzene rings is 3. The number of carbonyl (C=O) groups is 2. The minimum atomic E-state index is -0.719. The molecular weight excluding hydrogens is 532 g/mol. The summed E-state index contributed by atoms with van der Waals surface area (Å²) in [6.45, 7) is 8.36. The van der Waals surface area contributed by atoms with Crippen molar-refractivity contribution in [1.82, 2.24) is 0 Å². The number of carbonyl (C=O) groups excluding carboxylic acids is 2. The summed E-state index contributed by atoms with van der Waals surface area (Å²) in [5.74, 6) is 0.202. The first-order valence-corrected chi connectivity index (χ1v) is 14.0. The Morgan fingerprint density at radius 3 is 1.88 bits per heavy atom. The molecule has 1 unspecified atom stereocenters. The summed E-state index contributed by atoms with van der Waals surface area (Å²) < 4.78 is 27.5. The molecule has 40 heavy (non-hydrogen) atoms. The van der Waals surface area contributed by atoms with Crippen molar-refractivity contribution in [3.63, 3.8) is 0 Å². The summed E-state index contributed by atoms with van der Waals surface area (Å²) in [7, 11) is 0. The summed E-state index contributed by atoms with van der Waals surface area (Å²) in [4.78, 5) is 24.3. The minimum Gasteiger partial charge on any atom is -0.491 e. The lowest BCUT2D eigenvalue weighted by atomic mass is 10.0. The van der Waals surface area contributed by atoms with Crippen molar-refractivity contribution >= 4 is 23.5 Å². The Labute approximate surface area is 241 Å². The van der Waals surface area contributed by atoms with E-state index in [9.17, 15) is 9.59 Å². The maximum absolute atomic E-state index is 12.6. The molecule has 0 aliphatic carbocycles. The van der Waals surface area contributed by atoms with Crippen molar-refractivity contribution in [2.75, 3.05) is 33.0 Å². The third-order valence-corrected chi connectivity index (χ3v) is 6.17. The van der Waals surface area contributed by atoms with Gasteiger partial charge in [-0.1, -0.05) is 49.7 Å². The lowest BCUT2D eigenvalue weighted by Crippen LogP contribution is -2.16. The highest BCUT2D eigenvalue weighted by molar-refractivity contribution is 6.29. The molecule has 3 aromatic rings. The Kier molecular flexibility index (Phi) is 13.0. The molecule has 0 aromatic heterocycles. The number of alkyl halides is 1. The first-order chi connectivity index (χ1) is 19.4. The maximum Gasteiger partial charge on any atom is 0.343 e. The van der Waals surface area contributed by atoms with E-state index in [0.717, 1.165) is 41.9 Å². The molecule has 0 saturated heterocycles. The van der Waals surface area contributed by atoms with Gasteiger partial charge >= 0.3 is 11.9 Å². The summed E-state index contributed by atoms with van der Waals surface area (Å²) in [5, 5.41) is -0.719. The molecule has 3 aromatic carbocycles. The zero-order chi connectivity index (χ0) is 28.7. The van der Waals surface area contributed by atoms with Crippen molar-refractivity contribution in [3.8, 4) is 22.6 Å². The normalized spacial score (nSPS) is 12.4. The van der Waals surface area contributed by atoms with Crippen molar-refractivity contribution in [3.05, 3.63) is 83.9 Å². The van der Waals surface area contributed by atoms with Crippen molar-refractivity contribution in [2.45, 2.75) is 45.1 Å². The van der Waals surface area contributed by atoms with E-state index < -0.39 is 23.4 Å². The lowest BCUT2D eigenvalue weighted by molar-refractivity contribution is -0.147. The van der Waals surface area contributed by atoms with Crippen LogP contribution in [0.3, 0.4) is 0 Å². The molecule has 0 N–H and O–H groups in total. The van der Waals surface area contributed by atoms with Gasteiger partial charge < -0.3 is 23.7 Å². The summed E-state index contributed by atoms with van der Waals surface area (Å²) in [5.41, 5.74) is 3.17. The smallest absolute Gasteiger partial charge is 0.343 e. The molecule has 0 aliphatic heterocycles. The average molecular weight is 569 g/mol. The number of unbranched alkanes of at least 4 members (excludes halogenated alkanes) is 1. The molecule has 0 radical (unpaired) electrons. The monoisotopic (exact) mass is 568 g/mol. The number of esters is 2. The van der Waals surface area contributed by atoms with Crippen LogP contribution >= 0.6 is 11.6 Å². The van der Waals surface area contributed by atoms with Gasteiger partial charge in [-0.2, -0.15) is 0 Å². The molecule has 0 amide bonds. The van der Waals surface area contributed by atoms with E-state index in [1.807, 2.05) is 36.4 Å². The van der Waals surface area contributed by atoms with Crippen LogP contribution in [0.25, 0.3) is 11.1 Å². The van der Waals surface area contributed by atoms with Gasteiger partial charge in [-0.25, -0.2) is 4.79 Å². The highest BCUT2D eigenvalue weighted by atomic mass is 35.5. The topological polar surface area (TPSA) is 80.3 Å². The fourth-order valence-electron chi connectivity index (χ4n) is 3.64. The highest BCUT2D eigenvalue weighted by Gasteiger charge is 2.16. The fraction of sp³-hybridized carbons (Fsp3) is 0.375. The van der Waals surface area contributed by atoms with E-state index in [0.29, 0.717) is 37.7 Å².